The van der Waals surface area contributed by atoms with Crippen molar-refractivity contribution in [3.8, 4) is 11.5 Å². The van der Waals surface area contributed by atoms with Crippen molar-refractivity contribution in [3.63, 3.8) is 0 Å². The van der Waals surface area contributed by atoms with E-state index in [1.165, 1.54) is 18.2 Å². The monoisotopic (exact) mass is 494 g/mol. The van der Waals surface area contributed by atoms with Crippen LogP contribution in [0.15, 0.2) is 70.0 Å². The molecule has 0 aliphatic rings. The Bertz CT molecular complexity index is 1180. The summed E-state index contributed by atoms with van der Waals surface area (Å²) in [5.41, 5.74) is 1.51. The molecule has 3 rings (SSSR count). The SMILES string of the molecule is Cc1ccc(Oc2ccc(Cl)cc2NC(=O)c2cc(S(N)(=O)=O)ccc2Br)cc1. The van der Waals surface area contributed by atoms with Crippen molar-refractivity contribution >= 4 is 49.1 Å². The highest BCUT2D eigenvalue weighted by molar-refractivity contribution is 9.10. The number of hydrogen-bond donors (Lipinski definition) is 2. The van der Waals surface area contributed by atoms with Crippen molar-refractivity contribution in [1.82, 2.24) is 0 Å². The molecule has 0 fully saturated rings. The Balaban J connectivity index is 1.93. The lowest BCUT2D eigenvalue weighted by molar-refractivity contribution is 0.102. The minimum absolute atomic E-state index is 0.0952. The van der Waals surface area contributed by atoms with Crippen LogP contribution in [-0.4, -0.2) is 14.3 Å². The zero-order valence-electron chi connectivity index (χ0n) is 15.1. The molecule has 9 heteroatoms. The topological polar surface area (TPSA) is 98.5 Å². The van der Waals surface area contributed by atoms with E-state index in [1.807, 2.05) is 31.2 Å². The van der Waals surface area contributed by atoms with Crippen molar-refractivity contribution in [2.75, 3.05) is 5.32 Å². The van der Waals surface area contributed by atoms with Crippen LogP contribution in [0.4, 0.5) is 5.69 Å². The number of carbonyl (C=O) groups excluding carboxylic acids is 1. The summed E-state index contributed by atoms with van der Waals surface area (Å²) in [6.07, 6.45) is 0. The molecule has 0 saturated heterocycles. The quantitative estimate of drug-likeness (QED) is 0.514. The maximum absolute atomic E-state index is 12.8. The molecule has 0 saturated carbocycles. The van der Waals surface area contributed by atoms with Crippen LogP contribution in [0.3, 0.4) is 0 Å². The van der Waals surface area contributed by atoms with E-state index in [-0.39, 0.29) is 10.5 Å². The van der Waals surface area contributed by atoms with Gasteiger partial charge in [-0.1, -0.05) is 29.3 Å². The van der Waals surface area contributed by atoms with Crippen LogP contribution < -0.4 is 15.2 Å². The van der Waals surface area contributed by atoms with Crippen LogP contribution in [-0.2, 0) is 10.0 Å². The normalized spacial score (nSPS) is 11.2. The predicted octanol–water partition coefficient (Wildman–Crippen LogP) is 5.10. The Labute approximate surface area is 181 Å². The molecule has 0 aliphatic heterocycles. The van der Waals surface area contributed by atoms with E-state index >= 15 is 0 Å². The van der Waals surface area contributed by atoms with Crippen molar-refractivity contribution < 1.29 is 17.9 Å². The lowest BCUT2D eigenvalue weighted by Gasteiger charge is -2.14. The standard InChI is InChI=1S/C20H16BrClN2O4S/c1-12-2-5-14(6-3-12)28-19-9-4-13(22)10-18(19)24-20(25)16-11-15(29(23,26)27)7-8-17(16)21/h2-11H,1H3,(H,24,25)(H2,23,26,27). The number of carbonyl (C=O) groups is 1. The average Bonchev–Trinajstić information content (AvgIpc) is 2.65. The largest absolute Gasteiger partial charge is 0.455 e. The van der Waals surface area contributed by atoms with Gasteiger partial charge in [0.15, 0.2) is 5.75 Å². The number of halogens is 2. The Hall–Kier alpha value is -2.39. The first-order valence-electron chi connectivity index (χ1n) is 8.31. The molecule has 0 spiro atoms. The number of anilines is 1. The van der Waals surface area contributed by atoms with Gasteiger partial charge in [0, 0.05) is 9.50 Å². The molecule has 3 aromatic carbocycles. The van der Waals surface area contributed by atoms with Gasteiger partial charge in [0.05, 0.1) is 16.1 Å². The van der Waals surface area contributed by atoms with Crippen LogP contribution in [0, 0.1) is 6.92 Å². The molecule has 3 aromatic rings. The van der Waals surface area contributed by atoms with Gasteiger partial charge in [-0.3, -0.25) is 4.79 Å². The zero-order chi connectivity index (χ0) is 21.2. The van der Waals surface area contributed by atoms with Gasteiger partial charge in [-0.15, -0.1) is 0 Å². The fraction of sp³-hybridized carbons (Fsp3) is 0.0500. The van der Waals surface area contributed by atoms with E-state index in [2.05, 4.69) is 21.2 Å². The lowest BCUT2D eigenvalue weighted by atomic mass is 10.2. The molecule has 6 nitrogen and oxygen atoms in total. The molecular weight excluding hydrogens is 480 g/mol. The van der Waals surface area contributed by atoms with Gasteiger partial charge in [-0.05, 0) is 71.4 Å². The summed E-state index contributed by atoms with van der Waals surface area (Å²) in [6.45, 7) is 1.96. The number of ether oxygens (including phenoxy) is 1. The summed E-state index contributed by atoms with van der Waals surface area (Å²) in [6, 6.07) is 16.2. The van der Waals surface area contributed by atoms with Crippen LogP contribution >= 0.6 is 27.5 Å². The summed E-state index contributed by atoms with van der Waals surface area (Å²) in [4.78, 5) is 12.6. The highest BCUT2D eigenvalue weighted by atomic mass is 79.9. The summed E-state index contributed by atoms with van der Waals surface area (Å²) in [5, 5.41) is 8.26. The van der Waals surface area contributed by atoms with Gasteiger partial charge in [-0.2, -0.15) is 0 Å². The number of amides is 1. The van der Waals surface area contributed by atoms with Crippen molar-refractivity contribution in [2.45, 2.75) is 11.8 Å². The minimum atomic E-state index is -3.95. The summed E-state index contributed by atoms with van der Waals surface area (Å²) < 4.78 is 29.5. The van der Waals surface area contributed by atoms with Crippen LogP contribution in [0.2, 0.25) is 5.02 Å². The van der Waals surface area contributed by atoms with Crippen LogP contribution in [0.5, 0.6) is 11.5 Å². The van der Waals surface area contributed by atoms with Gasteiger partial charge in [-0.25, -0.2) is 13.6 Å². The first-order chi connectivity index (χ1) is 13.6. The molecule has 0 unspecified atom stereocenters. The number of sulfonamides is 1. The van der Waals surface area contributed by atoms with Gasteiger partial charge < -0.3 is 10.1 Å². The maximum atomic E-state index is 12.8. The molecule has 0 bridgehead atoms. The highest BCUT2D eigenvalue weighted by Gasteiger charge is 2.17. The van der Waals surface area contributed by atoms with Crippen LogP contribution in [0.25, 0.3) is 0 Å². The zero-order valence-corrected chi connectivity index (χ0v) is 18.3. The van der Waals surface area contributed by atoms with E-state index in [0.29, 0.717) is 26.7 Å². The Morgan fingerprint density at radius 2 is 1.76 bits per heavy atom. The number of benzene rings is 3. The molecular formula is C20H16BrClN2O4S. The number of nitrogens with one attached hydrogen (secondary N) is 1. The second-order valence-electron chi connectivity index (χ2n) is 6.20. The Kier molecular flexibility index (Phi) is 6.28. The third-order valence-corrected chi connectivity index (χ3v) is 5.79. The van der Waals surface area contributed by atoms with Gasteiger partial charge >= 0.3 is 0 Å². The first-order valence-corrected chi connectivity index (χ1v) is 11.0. The van der Waals surface area contributed by atoms with E-state index in [4.69, 9.17) is 21.5 Å². The summed E-state index contributed by atoms with van der Waals surface area (Å²) >= 11 is 9.33. The van der Waals surface area contributed by atoms with Gasteiger partial charge in [0.25, 0.3) is 5.91 Å². The number of nitrogens with two attached hydrogens (primary N) is 1. The predicted molar refractivity (Wildman–Crippen MR) is 116 cm³/mol. The number of primary sulfonamides is 1. The third kappa shape index (κ3) is 5.36. The van der Waals surface area contributed by atoms with Gasteiger partial charge in [0.1, 0.15) is 5.75 Å². The molecule has 0 atom stereocenters. The lowest BCUT2D eigenvalue weighted by Crippen LogP contribution is -2.16. The third-order valence-electron chi connectivity index (χ3n) is 3.95. The van der Waals surface area contributed by atoms with Crippen molar-refractivity contribution in [3.05, 3.63) is 81.3 Å². The van der Waals surface area contributed by atoms with Crippen LogP contribution in [0.1, 0.15) is 15.9 Å². The molecule has 0 aromatic heterocycles. The maximum Gasteiger partial charge on any atom is 0.256 e. The second-order valence-corrected chi connectivity index (χ2v) is 9.05. The smallest absolute Gasteiger partial charge is 0.256 e. The number of hydrogen-bond acceptors (Lipinski definition) is 4. The molecule has 150 valence electrons. The van der Waals surface area contributed by atoms with Crippen molar-refractivity contribution in [2.24, 2.45) is 5.14 Å². The van der Waals surface area contributed by atoms with E-state index in [0.717, 1.165) is 5.56 Å². The summed E-state index contributed by atoms with van der Waals surface area (Å²) in [7, 11) is -3.95. The fourth-order valence-electron chi connectivity index (χ4n) is 2.47. The minimum Gasteiger partial charge on any atom is -0.455 e. The average molecular weight is 496 g/mol. The first kappa shape index (κ1) is 21.3. The summed E-state index contributed by atoms with van der Waals surface area (Å²) in [5.74, 6) is 0.412. The molecule has 1 amide bonds. The Morgan fingerprint density at radius 1 is 1.07 bits per heavy atom. The molecule has 3 N–H and O–H groups in total. The molecule has 0 heterocycles. The highest BCUT2D eigenvalue weighted by Crippen LogP contribution is 2.33. The molecule has 0 aliphatic carbocycles. The van der Waals surface area contributed by atoms with E-state index in [9.17, 15) is 13.2 Å². The number of aryl methyl sites for hydroxylation is 1. The number of rotatable bonds is 5. The van der Waals surface area contributed by atoms with Gasteiger partial charge in [0.2, 0.25) is 10.0 Å². The molecule has 29 heavy (non-hydrogen) atoms. The fourth-order valence-corrected chi connectivity index (χ4v) is 3.61. The molecule has 0 radical (unpaired) electrons. The Morgan fingerprint density at radius 3 is 2.41 bits per heavy atom. The second kappa shape index (κ2) is 8.54. The van der Waals surface area contributed by atoms with Crippen molar-refractivity contribution in [1.29, 1.82) is 0 Å². The van der Waals surface area contributed by atoms with E-state index in [1.54, 1.807) is 18.2 Å². The van der Waals surface area contributed by atoms with E-state index < -0.39 is 15.9 Å².